The van der Waals surface area contributed by atoms with Crippen molar-refractivity contribution in [2.45, 2.75) is 43.9 Å². The van der Waals surface area contributed by atoms with Gasteiger partial charge in [-0.25, -0.2) is 15.0 Å². The van der Waals surface area contributed by atoms with Gasteiger partial charge in [0, 0.05) is 30.9 Å². The Morgan fingerprint density at radius 3 is 2.64 bits per heavy atom. The fourth-order valence-electron chi connectivity index (χ4n) is 5.30. The molecule has 0 amide bonds. The normalized spacial score (nSPS) is 19.8. The second-order valence-electron chi connectivity index (χ2n) is 10.7. The predicted octanol–water partition coefficient (Wildman–Crippen LogP) is 2.64. The molecule has 5 heterocycles. The standard InChI is InChI=1S/C28H32BN5O5/c1-27(2)25-20(29(36)39-27)8-9-23(33-25)32-24-14-21(31-22(16-35)18-6-4-3-5-7-18)19(15-30-24)26-34-28(17-38-26)10-12-37-13-11-28/h3-9,14-15,22,35-36H,10-13,16-17H2,1-2H3,(H2,30,31,32,33)/t22-/m1/s1. The van der Waals surface area contributed by atoms with Crippen LogP contribution < -0.4 is 16.1 Å². The van der Waals surface area contributed by atoms with Crippen LogP contribution in [0, 0.1) is 0 Å². The fourth-order valence-corrected chi connectivity index (χ4v) is 5.30. The Kier molecular flexibility index (Phi) is 6.76. The first-order valence-electron chi connectivity index (χ1n) is 13.2. The number of aliphatic hydroxyl groups is 1. The third kappa shape index (κ3) is 5.10. The van der Waals surface area contributed by atoms with Crippen molar-refractivity contribution >= 4 is 35.8 Å². The minimum Gasteiger partial charge on any atom is -0.475 e. The van der Waals surface area contributed by atoms with Crippen molar-refractivity contribution in [3.8, 4) is 0 Å². The molecule has 1 fully saturated rings. The number of hydrogen-bond acceptors (Lipinski definition) is 10. The van der Waals surface area contributed by atoms with Gasteiger partial charge in [0.05, 0.1) is 35.2 Å². The van der Waals surface area contributed by atoms with Gasteiger partial charge in [0.15, 0.2) is 0 Å². The van der Waals surface area contributed by atoms with Crippen LogP contribution in [0.1, 0.15) is 49.6 Å². The van der Waals surface area contributed by atoms with Gasteiger partial charge in [-0.2, -0.15) is 0 Å². The smallest absolute Gasteiger partial charge is 0.475 e. The maximum atomic E-state index is 10.2. The van der Waals surface area contributed by atoms with Crippen LogP contribution >= 0.6 is 0 Å². The summed E-state index contributed by atoms with van der Waals surface area (Å²) in [5.41, 5.74) is 2.74. The summed E-state index contributed by atoms with van der Waals surface area (Å²) in [5.74, 6) is 1.66. The van der Waals surface area contributed by atoms with Gasteiger partial charge < -0.3 is 34.9 Å². The van der Waals surface area contributed by atoms with Crippen molar-refractivity contribution in [3.05, 3.63) is 71.5 Å². The average molecular weight is 529 g/mol. The van der Waals surface area contributed by atoms with E-state index in [0.29, 0.717) is 48.5 Å². The lowest BCUT2D eigenvalue weighted by Gasteiger charge is -2.28. The Labute approximate surface area is 227 Å². The van der Waals surface area contributed by atoms with Crippen molar-refractivity contribution in [2.24, 2.45) is 4.99 Å². The molecule has 3 aromatic rings. The van der Waals surface area contributed by atoms with E-state index >= 15 is 0 Å². The Morgan fingerprint density at radius 2 is 1.87 bits per heavy atom. The minimum atomic E-state index is -0.996. The third-order valence-corrected chi connectivity index (χ3v) is 7.51. The molecule has 1 aromatic carbocycles. The SMILES string of the molecule is CC1(C)OB(O)c2ccc(Nc3cc(N[C@H](CO)c4ccccc4)c(C4=NC5(CCOCC5)CO4)cn3)nc21. The van der Waals surface area contributed by atoms with E-state index in [2.05, 4.69) is 15.6 Å². The highest BCUT2D eigenvalue weighted by Crippen LogP contribution is 2.35. The molecule has 0 bridgehead atoms. The number of ether oxygens (including phenoxy) is 2. The predicted molar refractivity (Wildman–Crippen MR) is 149 cm³/mol. The van der Waals surface area contributed by atoms with Crippen molar-refractivity contribution in [3.63, 3.8) is 0 Å². The summed E-state index contributed by atoms with van der Waals surface area (Å²) in [6.07, 6.45) is 3.36. The second kappa shape index (κ2) is 10.2. The summed E-state index contributed by atoms with van der Waals surface area (Å²) in [5, 5.41) is 27.2. The van der Waals surface area contributed by atoms with Crippen LogP contribution in [0.3, 0.4) is 0 Å². The van der Waals surface area contributed by atoms with Crippen LogP contribution in [0.5, 0.6) is 0 Å². The highest BCUT2D eigenvalue weighted by Gasteiger charge is 2.42. The van der Waals surface area contributed by atoms with Crippen LogP contribution in [0.4, 0.5) is 17.3 Å². The van der Waals surface area contributed by atoms with E-state index in [0.717, 1.165) is 29.7 Å². The molecule has 1 saturated heterocycles. The molecular formula is C28H32BN5O5. The van der Waals surface area contributed by atoms with E-state index in [1.165, 1.54) is 0 Å². The van der Waals surface area contributed by atoms with E-state index < -0.39 is 12.7 Å². The van der Waals surface area contributed by atoms with Gasteiger partial charge in [-0.15, -0.1) is 0 Å². The highest BCUT2D eigenvalue weighted by molar-refractivity contribution is 6.61. The summed E-state index contributed by atoms with van der Waals surface area (Å²) >= 11 is 0. The molecule has 1 spiro atoms. The fraction of sp³-hybridized carbons (Fsp3) is 0.393. The Bertz CT molecular complexity index is 1380. The summed E-state index contributed by atoms with van der Waals surface area (Å²) in [6, 6.07) is 14.9. The molecule has 0 saturated carbocycles. The molecule has 11 heteroatoms. The molecule has 2 aromatic heterocycles. The molecule has 3 aliphatic rings. The van der Waals surface area contributed by atoms with E-state index in [1.54, 1.807) is 12.3 Å². The molecule has 6 rings (SSSR count). The highest BCUT2D eigenvalue weighted by atomic mass is 16.5. The second-order valence-corrected chi connectivity index (χ2v) is 10.7. The lowest BCUT2D eigenvalue weighted by atomic mass is 9.80. The first-order valence-corrected chi connectivity index (χ1v) is 13.2. The van der Waals surface area contributed by atoms with Crippen LogP contribution in [0.25, 0.3) is 0 Å². The summed E-state index contributed by atoms with van der Waals surface area (Å²) in [4.78, 5) is 14.3. The molecule has 3 aliphatic heterocycles. The van der Waals surface area contributed by atoms with Crippen LogP contribution in [0.2, 0.25) is 0 Å². The van der Waals surface area contributed by atoms with E-state index in [9.17, 15) is 10.1 Å². The summed E-state index contributed by atoms with van der Waals surface area (Å²) in [7, 11) is -0.996. The maximum absolute atomic E-state index is 10.2. The number of rotatable bonds is 7. The molecule has 202 valence electrons. The Morgan fingerprint density at radius 1 is 1.08 bits per heavy atom. The first-order chi connectivity index (χ1) is 18.9. The zero-order valence-corrected chi connectivity index (χ0v) is 22.1. The first kappa shape index (κ1) is 25.8. The van der Waals surface area contributed by atoms with Gasteiger partial charge >= 0.3 is 7.12 Å². The van der Waals surface area contributed by atoms with Crippen molar-refractivity contribution in [1.29, 1.82) is 0 Å². The summed E-state index contributed by atoms with van der Waals surface area (Å²) < 4.78 is 17.3. The number of fused-ring (bicyclic) bond motifs is 1. The lowest BCUT2D eigenvalue weighted by molar-refractivity contribution is 0.0442. The number of aromatic nitrogens is 2. The average Bonchev–Trinajstić information content (AvgIpc) is 3.44. The number of hydrogen-bond donors (Lipinski definition) is 4. The van der Waals surface area contributed by atoms with Crippen LogP contribution in [0.15, 0.2) is 59.7 Å². The maximum Gasteiger partial charge on any atom is 0.493 e. The van der Waals surface area contributed by atoms with Crippen LogP contribution in [-0.4, -0.2) is 65.1 Å². The quantitative estimate of drug-likeness (QED) is 0.341. The van der Waals surface area contributed by atoms with Crippen molar-refractivity contribution in [2.75, 3.05) is 37.1 Å². The van der Waals surface area contributed by atoms with Crippen molar-refractivity contribution in [1.82, 2.24) is 9.97 Å². The topological polar surface area (TPSA) is 130 Å². The Hall–Kier alpha value is -3.51. The van der Waals surface area contributed by atoms with E-state index in [-0.39, 0.29) is 18.2 Å². The van der Waals surface area contributed by atoms with Crippen molar-refractivity contribution < 1.29 is 24.3 Å². The molecule has 1 atom stereocenters. The zero-order chi connectivity index (χ0) is 27.0. The van der Waals surface area contributed by atoms with Gasteiger partial charge in [-0.05, 0) is 38.3 Å². The third-order valence-electron chi connectivity index (χ3n) is 7.51. The van der Waals surface area contributed by atoms with Gasteiger partial charge in [-0.3, -0.25) is 0 Å². The number of anilines is 3. The van der Waals surface area contributed by atoms with Gasteiger partial charge in [0.2, 0.25) is 5.90 Å². The molecule has 10 nitrogen and oxygen atoms in total. The monoisotopic (exact) mass is 529 g/mol. The molecule has 4 N–H and O–H groups in total. The number of aliphatic hydroxyl groups excluding tert-OH is 1. The van der Waals surface area contributed by atoms with Gasteiger partial charge in [0.1, 0.15) is 23.8 Å². The van der Waals surface area contributed by atoms with Gasteiger partial charge in [0.25, 0.3) is 0 Å². The number of benzene rings is 1. The molecule has 0 unspecified atom stereocenters. The number of nitrogens with zero attached hydrogens (tertiary/aromatic N) is 3. The molecular weight excluding hydrogens is 497 g/mol. The molecule has 0 aliphatic carbocycles. The van der Waals surface area contributed by atoms with Crippen LogP contribution in [-0.2, 0) is 19.7 Å². The van der Waals surface area contributed by atoms with Gasteiger partial charge in [-0.1, -0.05) is 36.4 Å². The Balaban J connectivity index is 1.34. The number of pyridine rings is 2. The van der Waals surface area contributed by atoms with E-state index in [4.69, 9.17) is 24.1 Å². The lowest BCUT2D eigenvalue weighted by Crippen LogP contribution is -2.35. The zero-order valence-electron chi connectivity index (χ0n) is 22.1. The minimum absolute atomic E-state index is 0.104. The molecule has 0 radical (unpaired) electrons. The number of aliphatic imine (C=N–C) groups is 1. The summed E-state index contributed by atoms with van der Waals surface area (Å²) in [6.45, 7) is 5.49. The largest absolute Gasteiger partial charge is 0.493 e. The molecule has 39 heavy (non-hydrogen) atoms. The number of nitrogens with one attached hydrogen (secondary N) is 2. The van der Waals surface area contributed by atoms with E-state index in [1.807, 2.05) is 56.3 Å².